The van der Waals surface area contributed by atoms with Crippen LogP contribution in [0, 0.1) is 25.2 Å². The Kier molecular flexibility index (Phi) is 4.53. The minimum atomic E-state index is -3.91. The molecule has 0 spiro atoms. The van der Waals surface area contributed by atoms with E-state index in [-0.39, 0.29) is 16.3 Å². The summed E-state index contributed by atoms with van der Waals surface area (Å²) in [6.07, 6.45) is 1.32. The van der Waals surface area contributed by atoms with Crippen LogP contribution in [-0.4, -0.2) is 23.2 Å². The fraction of sp³-hybridized carbons (Fsp3) is 0.0952. The fourth-order valence-electron chi connectivity index (χ4n) is 3.05. The summed E-state index contributed by atoms with van der Waals surface area (Å²) in [6, 6.07) is 17.9. The van der Waals surface area contributed by atoms with Crippen LogP contribution in [0.25, 0.3) is 16.7 Å². The molecule has 0 aliphatic carbocycles. The number of rotatable bonds is 4. The van der Waals surface area contributed by atoms with E-state index in [0.29, 0.717) is 5.82 Å². The van der Waals surface area contributed by atoms with Gasteiger partial charge in [0.1, 0.15) is 11.6 Å². The Balaban J connectivity index is 1.83. The van der Waals surface area contributed by atoms with E-state index in [9.17, 15) is 13.7 Å². The lowest BCUT2D eigenvalue weighted by Crippen LogP contribution is -2.17. The second kappa shape index (κ2) is 7.04. The topological polar surface area (TPSA) is 101 Å². The molecule has 144 valence electrons. The van der Waals surface area contributed by atoms with Gasteiger partial charge in [0.05, 0.1) is 16.6 Å². The number of anilines is 1. The molecule has 29 heavy (non-hydrogen) atoms. The van der Waals surface area contributed by atoms with Crippen molar-refractivity contribution in [3.05, 3.63) is 77.5 Å². The number of hydrogen-bond donors (Lipinski definition) is 1. The maximum Gasteiger partial charge on any atom is 0.263 e. The molecule has 0 saturated heterocycles. The van der Waals surface area contributed by atoms with Crippen LogP contribution in [0.15, 0.2) is 65.7 Å². The number of fused-ring (bicyclic) bond motifs is 1. The summed E-state index contributed by atoms with van der Waals surface area (Å²) in [5.41, 5.74) is 2.77. The first-order valence-electron chi connectivity index (χ1n) is 8.83. The lowest BCUT2D eigenvalue weighted by atomic mass is 10.1. The van der Waals surface area contributed by atoms with Crippen LogP contribution in [0.1, 0.15) is 16.7 Å². The second-order valence-corrected chi connectivity index (χ2v) is 8.35. The molecule has 8 heteroatoms. The molecule has 4 aromatic rings. The monoisotopic (exact) mass is 403 g/mol. The van der Waals surface area contributed by atoms with Crippen LogP contribution in [0.2, 0.25) is 0 Å². The van der Waals surface area contributed by atoms with Gasteiger partial charge in [-0.3, -0.25) is 4.72 Å². The standard InChI is InChI=1S/C21H17N5O2S/c1-14-7-9-17(10-8-14)29(27,28)25-21-16(12-22)13-23-26(21)20-11-15(2)18-5-3-4-6-19(18)24-20/h3-11,13,25H,1-2H3. The molecule has 0 saturated carbocycles. The highest BCUT2D eigenvalue weighted by Gasteiger charge is 2.21. The van der Waals surface area contributed by atoms with Crippen molar-refractivity contribution in [1.82, 2.24) is 14.8 Å². The molecule has 0 unspecified atom stereocenters. The minimum absolute atomic E-state index is 0.0512. The highest BCUT2D eigenvalue weighted by atomic mass is 32.2. The highest BCUT2D eigenvalue weighted by molar-refractivity contribution is 7.92. The van der Waals surface area contributed by atoms with Gasteiger partial charge in [0.2, 0.25) is 0 Å². The quantitative estimate of drug-likeness (QED) is 0.560. The number of hydrogen-bond acceptors (Lipinski definition) is 5. The van der Waals surface area contributed by atoms with Gasteiger partial charge >= 0.3 is 0 Å². The van der Waals surface area contributed by atoms with Crippen molar-refractivity contribution in [1.29, 1.82) is 5.26 Å². The van der Waals surface area contributed by atoms with Gasteiger partial charge in [0.25, 0.3) is 10.0 Å². The first kappa shape index (κ1) is 18.7. The van der Waals surface area contributed by atoms with Gasteiger partial charge in [-0.25, -0.2) is 13.4 Å². The third-order valence-electron chi connectivity index (χ3n) is 4.58. The van der Waals surface area contributed by atoms with Crippen molar-refractivity contribution >= 4 is 26.7 Å². The minimum Gasteiger partial charge on any atom is -0.262 e. The van der Waals surface area contributed by atoms with Crippen molar-refractivity contribution in [2.24, 2.45) is 0 Å². The Bertz CT molecular complexity index is 1370. The Hall–Kier alpha value is -3.70. The first-order valence-corrected chi connectivity index (χ1v) is 10.3. The van der Waals surface area contributed by atoms with Gasteiger partial charge in [-0.1, -0.05) is 35.9 Å². The Morgan fingerprint density at radius 3 is 2.52 bits per heavy atom. The average molecular weight is 403 g/mol. The lowest BCUT2D eigenvalue weighted by Gasteiger charge is -2.12. The fourth-order valence-corrected chi connectivity index (χ4v) is 4.11. The van der Waals surface area contributed by atoms with Crippen molar-refractivity contribution in [3.8, 4) is 11.9 Å². The van der Waals surface area contributed by atoms with Crippen LogP contribution >= 0.6 is 0 Å². The smallest absolute Gasteiger partial charge is 0.262 e. The van der Waals surface area contributed by atoms with E-state index in [2.05, 4.69) is 14.8 Å². The van der Waals surface area contributed by atoms with Gasteiger partial charge in [0, 0.05) is 5.39 Å². The number of sulfonamides is 1. The molecule has 4 rings (SSSR count). The highest BCUT2D eigenvalue weighted by Crippen LogP contribution is 2.25. The van der Waals surface area contributed by atoms with Crippen LogP contribution < -0.4 is 4.72 Å². The van der Waals surface area contributed by atoms with E-state index in [4.69, 9.17) is 0 Å². The number of pyridine rings is 1. The number of nitrogens with one attached hydrogen (secondary N) is 1. The molecule has 2 aromatic carbocycles. The molecule has 0 fully saturated rings. The molecule has 0 atom stereocenters. The van der Waals surface area contributed by atoms with Gasteiger partial charge < -0.3 is 0 Å². The Morgan fingerprint density at radius 1 is 1.07 bits per heavy atom. The molecular weight excluding hydrogens is 386 g/mol. The van der Waals surface area contributed by atoms with Crippen molar-refractivity contribution in [2.45, 2.75) is 18.7 Å². The molecule has 2 heterocycles. The molecule has 7 nitrogen and oxygen atoms in total. The lowest BCUT2D eigenvalue weighted by molar-refractivity contribution is 0.600. The average Bonchev–Trinajstić information content (AvgIpc) is 3.10. The number of aryl methyl sites for hydroxylation is 2. The van der Waals surface area contributed by atoms with E-state index >= 15 is 0 Å². The zero-order valence-corrected chi connectivity index (χ0v) is 16.6. The summed E-state index contributed by atoms with van der Waals surface area (Å²) in [4.78, 5) is 4.68. The van der Waals surface area contributed by atoms with Gasteiger partial charge in [-0.2, -0.15) is 15.0 Å². The summed E-state index contributed by atoms with van der Waals surface area (Å²) in [7, 11) is -3.91. The molecular formula is C21H17N5O2S. The van der Waals surface area contributed by atoms with E-state index in [0.717, 1.165) is 22.0 Å². The summed E-state index contributed by atoms with van der Waals surface area (Å²) in [5.74, 6) is 0.472. The predicted molar refractivity (Wildman–Crippen MR) is 110 cm³/mol. The van der Waals surface area contributed by atoms with Crippen molar-refractivity contribution in [2.75, 3.05) is 4.72 Å². The van der Waals surface area contributed by atoms with Gasteiger partial charge in [-0.15, -0.1) is 0 Å². The van der Waals surface area contributed by atoms with Gasteiger partial charge in [-0.05, 0) is 43.7 Å². The number of nitriles is 1. The molecule has 2 aromatic heterocycles. The zero-order chi connectivity index (χ0) is 20.6. The van der Waals surface area contributed by atoms with Gasteiger partial charge in [0.15, 0.2) is 11.6 Å². The maximum absolute atomic E-state index is 12.9. The van der Waals surface area contributed by atoms with E-state index < -0.39 is 10.0 Å². The van der Waals surface area contributed by atoms with E-state index in [1.807, 2.05) is 44.2 Å². The summed E-state index contributed by atoms with van der Waals surface area (Å²) in [6.45, 7) is 3.82. The van der Waals surface area contributed by atoms with Crippen molar-refractivity contribution < 1.29 is 8.42 Å². The molecule has 0 radical (unpaired) electrons. The number of nitrogens with zero attached hydrogens (tertiary/aromatic N) is 4. The second-order valence-electron chi connectivity index (χ2n) is 6.66. The maximum atomic E-state index is 12.9. The third kappa shape index (κ3) is 3.44. The van der Waals surface area contributed by atoms with Crippen LogP contribution in [0.4, 0.5) is 5.82 Å². The van der Waals surface area contributed by atoms with Crippen LogP contribution in [0.3, 0.4) is 0 Å². The third-order valence-corrected chi connectivity index (χ3v) is 5.93. The van der Waals surface area contributed by atoms with Crippen molar-refractivity contribution in [3.63, 3.8) is 0 Å². The molecule has 1 N–H and O–H groups in total. The van der Waals surface area contributed by atoms with Crippen LogP contribution in [-0.2, 0) is 10.0 Å². The molecule has 0 aliphatic heterocycles. The van der Waals surface area contributed by atoms with E-state index in [1.54, 1.807) is 18.2 Å². The number of aromatic nitrogens is 3. The van der Waals surface area contributed by atoms with E-state index in [1.165, 1.54) is 23.0 Å². The normalized spacial score (nSPS) is 11.3. The first-order chi connectivity index (χ1) is 13.9. The summed E-state index contributed by atoms with van der Waals surface area (Å²) >= 11 is 0. The summed E-state index contributed by atoms with van der Waals surface area (Å²) < 4.78 is 29.6. The molecule has 0 aliphatic rings. The number of benzene rings is 2. The summed E-state index contributed by atoms with van der Waals surface area (Å²) in [5, 5.41) is 14.6. The molecule has 0 amide bonds. The van der Waals surface area contributed by atoms with Crippen LogP contribution in [0.5, 0.6) is 0 Å². The largest absolute Gasteiger partial charge is 0.263 e. The number of para-hydroxylation sites is 1. The SMILES string of the molecule is Cc1ccc(S(=O)(=O)Nc2c(C#N)cnn2-c2cc(C)c3ccccc3n2)cc1. The molecule has 0 bridgehead atoms. The predicted octanol–water partition coefficient (Wildman–Crippen LogP) is 3.71. The Morgan fingerprint density at radius 2 is 1.79 bits per heavy atom. The zero-order valence-electron chi connectivity index (χ0n) is 15.8. The Labute approximate surface area is 168 Å².